The summed E-state index contributed by atoms with van der Waals surface area (Å²) in [6, 6.07) is 0.447. The van der Waals surface area contributed by atoms with Crippen LogP contribution < -0.4 is 10.2 Å². The number of methoxy groups -OCH3 is 1. The van der Waals surface area contributed by atoms with Gasteiger partial charge in [0.05, 0.1) is 12.3 Å². The van der Waals surface area contributed by atoms with Gasteiger partial charge in [-0.15, -0.1) is 11.3 Å². The number of hydrogen-bond donors (Lipinski definition) is 1. The predicted octanol–water partition coefficient (Wildman–Crippen LogP) is 2.37. The van der Waals surface area contributed by atoms with Gasteiger partial charge < -0.3 is 15.0 Å². The van der Waals surface area contributed by atoms with Crippen LogP contribution in [0.4, 0.5) is 5.82 Å². The molecule has 0 radical (unpaired) electrons. The Morgan fingerprint density at radius 3 is 2.95 bits per heavy atom. The van der Waals surface area contributed by atoms with Crippen LogP contribution in [-0.4, -0.2) is 42.2 Å². The highest BCUT2D eigenvalue weighted by Gasteiger charge is 2.19. The van der Waals surface area contributed by atoms with Crippen LogP contribution in [0, 0.1) is 0 Å². The van der Waals surface area contributed by atoms with Crippen LogP contribution in [0.3, 0.4) is 0 Å². The van der Waals surface area contributed by atoms with Crippen molar-refractivity contribution in [1.29, 1.82) is 0 Å². The molecule has 0 bridgehead atoms. The van der Waals surface area contributed by atoms with E-state index in [4.69, 9.17) is 9.72 Å². The van der Waals surface area contributed by atoms with Crippen LogP contribution >= 0.6 is 11.3 Å². The number of fused-ring (bicyclic) bond motifs is 1. The van der Waals surface area contributed by atoms with Gasteiger partial charge in [0.15, 0.2) is 10.8 Å². The van der Waals surface area contributed by atoms with Gasteiger partial charge in [0.25, 0.3) is 0 Å². The molecule has 2 rings (SSSR count). The Bertz CT molecular complexity index is 534. The second-order valence-electron chi connectivity index (χ2n) is 4.99. The maximum Gasteiger partial charge on any atom is 0.195 e. The number of ether oxygens (including phenoxy) is 1. The number of aromatic nitrogens is 2. The summed E-state index contributed by atoms with van der Waals surface area (Å²) in [5.41, 5.74) is 1.23. The lowest BCUT2D eigenvalue weighted by atomic mass is 10.3. The second kappa shape index (κ2) is 7.06. The Morgan fingerprint density at radius 1 is 1.50 bits per heavy atom. The highest BCUT2D eigenvalue weighted by Crippen LogP contribution is 2.25. The molecule has 0 amide bonds. The lowest BCUT2D eigenvalue weighted by molar-refractivity contribution is 0.199. The monoisotopic (exact) mass is 296 g/mol. The second-order valence-corrected chi connectivity index (χ2v) is 5.86. The number of rotatable bonds is 8. The van der Waals surface area contributed by atoms with Gasteiger partial charge in [0.2, 0.25) is 0 Å². The Hall–Kier alpha value is -1.11. The largest absolute Gasteiger partial charge is 0.383 e. The molecule has 0 atom stereocenters. The number of nitrogens with one attached hydrogen (secondary N) is 1. The first-order chi connectivity index (χ1) is 9.69. The van der Waals surface area contributed by atoms with E-state index in [2.05, 4.69) is 47.0 Å². The predicted molar refractivity (Wildman–Crippen MR) is 84.8 cm³/mol. The van der Waals surface area contributed by atoms with E-state index >= 15 is 0 Å². The molecule has 20 heavy (non-hydrogen) atoms. The van der Waals surface area contributed by atoms with Gasteiger partial charge in [0.1, 0.15) is 0 Å². The topological polar surface area (TPSA) is 41.8 Å². The summed E-state index contributed by atoms with van der Waals surface area (Å²) in [5.74, 6) is 1.10. The number of imidazole rings is 1. The minimum Gasteiger partial charge on any atom is -0.383 e. The Labute approximate surface area is 124 Å². The standard InChI is InChI=1S/C14H24N4OS/c1-5-17(11(2)3)13-12(10-15-6-8-19-4)18-7-9-20-14(18)16-13/h7,9,11,15H,5-6,8,10H2,1-4H3. The Balaban J connectivity index is 2.25. The molecule has 0 spiro atoms. The normalized spacial score (nSPS) is 11.7. The molecular formula is C14H24N4OS. The fourth-order valence-electron chi connectivity index (χ4n) is 2.36. The third-order valence-electron chi connectivity index (χ3n) is 3.35. The first-order valence-electron chi connectivity index (χ1n) is 7.09. The van der Waals surface area contributed by atoms with Crippen molar-refractivity contribution in [1.82, 2.24) is 14.7 Å². The number of anilines is 1. The average Bonchev–Trinajstić information content (AvgIpc) is 2.97. The third kappa shape index (κ3) is 3.13. The van der Waals surface area contributed by atoms with Crippen molar-refractivity contribution in [3.63, 3.8) is 0 Å². The molecule has 0 aromatic carbocycles. The third-order valence-corrected chi connectivity index (χ3v) is 4.11. The zero-order valence-corrected chi connectivity index (χ0v) is 13.5. The smallest absolute Gasteiger partial charge is 0.195 e. The maximum absolute atomic E-state index is 5.08. The molecule has 2 aromatic rings. The van der Waals surface area contributed by atoms with Crippen LogP contribution in [0.2, 0.25) is 0 Å². The summed E-state index contributed by atoms with van der Waals surface area (Å²) in [6.45, 7) is 9.94. The molecule has 5 nitrogen and oxygen atoms in total. The first-order valence-corrected chi connectivity index (χ1v) is 7.97. The Morgan fingerprint density at radius 2 is 2.30 bits per heavy atom. The van der Waals surface area contributed by atoms with Crippen molar-refractivity contribution >= 4 is 22.1 Å². The summed E-state index contributed by atoms with van der Waals surface area (Å²) in [7, 11) is 1.72. The fourth-order valence-corrected chi connectivity index (χ4v) is 3.08. The summed E-state index contributed by atoms with van der Waals surface area (Å²) in [6.07, 6.45) is 2.10. The van der Waals surface area contributed by atoms with E-state index in [0.717, 1.165) is 37.0 Å². The SMILES string of the molecule is CCN(c1nc2sccn2c1CNCCOC)C(C)C. The molecule has 112 valence electrons. The number of thiazole rings is 1. The van der Waals surface area contributed by atoms with Crippen molar-refractivity contribution in [3.8, 4) is 0 Å². The van der Waals surface area contributed by atoms with E-state index in [1.807, 2.05) is 0 Å². The van der Waals surface area contributed by atoms with E-state index in [1.165, 1.54) is 5.69 Å². The summed E-state index contributed by atoms with van der Waals surface area (Å²) in [5, 5.41) is 5.50. The molecule has 0 unspecified atom stereocenters. The minimum absolute atomic E-state index is 0.447. The van der Waals surface area contributed by atoms with E-state index in [-0.39, 0.29) is 0 Å². The first kappa shape index (κ1) is 15.3. The van der Waals surface area contributed by atoms with Gasteiger partial charge in [-0.2, -0.15) is 0 Å². The molecule has 0 aliphatic rings. The molecule has 0 fully saturated rings. The van der Waals surface area contributed by atoms with Gasteiger partial charge in [-0.1, -0.05) is 0 Å². The van der Waals surface area contributed by atoms with Gasteiger partial charge in [0, 0.05) is 44.4 Å². The van der Waals surface area contributed by atoms with Crippen molar-refractivity contribution < 1.29 is 4.74 Å². The van der Waals surface area contributed by atoms with E-state index in [1.54, 1.807) is 18.4 Å². The fraction of sp³-hybridized carbons (Fsp3) is 0.643. The van der Waals surface area contributed by atoms with Crippen LogP contribution in [0.1, 0.15) is 26.5 Å². The minimum atomic E-state index is 0.447. The lowest BCUT2D eigenvalue weighted by Gasteiger charge is -2.26. The van der Waals surface area contributed by atoms with Crippen LogP contribution in [0.5, 0.6) is 0 Å². The average molecular weight is 296 g/mol. The number of hydrogen-bond acceptors (Lipinski definition) is 5. The van der Waals surface area contributed by atoms with Gasteiger partial charge in [-0.05, 0) is 20.8 Å². The molecule has 6 heteroatoms. The van der Waals surface area contributed by atoms with Gasteiger partial charge >= 0.3 is 0 Å². The number of nitrogens with zero attached hydrogens (tertiary/aromatic N) is 3. The van der Waals surface area contributed by atoms with E-state index in [0.29, 0.717) is 6.04 Å². The molecule has 1 N–H and O–H groups in total. The summed E-state index contributed by atoms with van der Waals surface area (Å²) >= 11 is 1.68. The van der Waals surface area contributed by atoms with E-state index in [9.17, 15) is 0 Å². The molecule has 0 aliphatic carbocycles. The molecule has 0 saturated heterocycles. The van der Waals surface area contributed by atoms with Crippen LogP contribution in [0.25, 0.3) is 4.96 Å². The van der Waals surface area contributed by atoms with Crippen LogP contribution in [0.15, 0.2) is 11.6 Å². The summed E-state index contributed by atoms with van der Waals surface area (Å²) < 4.78 is 7.26. The molecule has 2 heterocycles. The molecule has 2 aromatic heterocycles. The quantitative estimate of drug-likeness (QED) is 0.759. The summed E-state index contributed by atoms with van der Waals surface area (Å²) in [4.78, 5) is 8.20. The van der Waals surface area contributed by atoms with E-state index < -0.39 is 0 Å². The lowest BCUT2D eigenvalue weighted by Crippen LogP contribution is -2.32. The van der Waals surface area contributed by atoms with Gasteiger partial charge in [-0.3, -0.25) is 4.40 Å². The zero-order chi connectivity index (χ0) is 14.5. The molecule has 0 saturated carbocycles. The van der Waals surface area contributed by atoms with Crippen molar-refractivity contribution in [3.05, 3.63) is 17.3 Å². The van der Waals surface area contributed by atoms with Gasteiger partial charge in [-0.25, -0.2) is 4.98 Å². The zero-order valence-electron chi connectivity index (χ0n) is 12.7. The molecular weight excluding hydrogens is 272 g/mol. The molecule has 0 aliphatic heterocycles. The maximum atomic E-state index is 5.08. The van der Waals surface area contributed by atoms with Crippen molar-refractivity contribution in [2.45, 2.75) is 33.4 Å². The van der Waals surface area contributed by atoms with Crippen molar-refractivity contribution in [2.24, 2.45) is 0 Å². The highest BCUT2D eigenvalue weighted by molar-refractivity contribution is 7.15. The van der Waals surface area contributed by atoms with Crippen LogP contribution in [-0.2, 0) is 11.3 Å². The van der Waals surface area contributed by atoms with Crippen molar-refractivity contribution in [2.75, 3.05) is 31.7 Å². The Kier molecular flexibility index (Phi) is 5.39. The highest BCUT2D eigenvalue weighted by atomic mass is 32.1.